The van der Waals surface area contributed by atoms with Gasteiger partial charge >= 0.3 is 0 Å². The average Bonchev–Trinajstić information content (AvgIpc) is 3.87. The fourth-order valence-electron chi connectivity index (χ4n) is 8.44. The Balaban J connectivity index is 0.952. The van der Waals surface area contributed by atoms with Crippen LogP contribution in [0, 0.1) is 0 Å². The molecule has 12 rings (SSSR count). The van der Waals surface area contributed by atoms with Crippen LogP contribution in [0.4, 0.5) is 0 Å². The Morgan fingerprint density at radius 3 is 1.71 bits per heavy atom. The van der Waals surface area contributed by atoms with E-state index in [9.17, 15) is 0 Å². The third kappa shape index (κ3) is 5.21. The number of benzene rings is 8. The minimum atomic E-state index is 0.645. The van der Waals surface area contributed by atoms with Crippen LogP contribution in [0.2, 0.25) is 0 Å². The van der Waals surface area contributed by atoms with E-state index in [1.165, 1.54) is 0 Å². The Morgan fingerprint density at radius 1 is 0.310 bits per heavy atom. The summed E-state index contributed by atoms with van der Waals surface area (Å²) in [6, 6.07) is 64.9. The largest absolute Gasteiger partial charge is 0.456 e. The van der Waals surface area contributed by atoms with Crippen molar-refractivity contribution in [2.75, 3.05) is 0 Å². The summed E-state index contributed by atoms with van der Waals surface area (Å²) in [5.74, 6) is 0.645. The molecule has 0 aliphatic carbocycles. The summed E-state index contributed by atoms with van der Waals surface area (Å²) in [4.78, 5) is 15.3. The molecule has 5 nitrogen and oxygen atoms in total. The van der Waals surface area contributed by atoms with Crippen molar-refractivity contribution >= 4 is 65.6 Å². The summed E-state index contributed by atoms with van der Waals surface area (Å²) >= 11 is 0. The zero-order valence-electron chi connectivity index (χ0n) is 31.1. The van der Waals surface area contributed by atoms with Gasteiger partial charge in [0.05, 0.1) is 22.6 Å². The topological polar surface area (TPSA) is 65.0 Å². The van der Waals surface area contributed by atoms with E-state index in [1.807, 2.05) is 54.6 Å². The summed E-state index contributed by atoms with van der Waals surface area (Å²) in [5, 5.41) is 7.57. The molecular formula is C53H31N3O2. The van der Waals surface area contributed by atoms with Crippen LogP contribution in [0.25, 0.3) is 122 Å². The molecule has 0 aliphatic heterocycles. The lowest BCUT2D eigenvalue weighted by atomic mass is 9.97. The molecule has 0 amide bonds. The second kappa shape index (κ2) is 12.8. The van der Waals surface area contributed by atoms with E-state index in [-0.39, 0.29) is 0 Å². The maximum Gasteiger partial charge on any atom is 0.160 e. The predicted octanol–water partition coefficient (Wildman–Crippen LogP) is 14.3. The zero-order valence-corrected chi connectivity index (χ0v) is 31.1. The quantitative estimate of drug-likeness (QED) is 0.164. The Hall–Kier alpha value is -7.89. The summed E-state index contributed by atoms with van der Waals surface area (Å²) in [7, 11) is 0. The first kappa shape index (κ1) is 32.4. The van der Waals surface area contributed by atoms with E-state index in [4.69, 9.17) is 23.8 Å². The van der Waals surface area contributed by atoms with E-state index in [0.717, 1.165) is 116 Å². The summed E-state index contributed by atoms with van der Waals surface area (Å²) in [5.41, 5.74) is 13.3. The molecule has 0 fully saturated rings. The highest BCUT2D eigenvalue weighted by Crippen LogP contribution is 2.42. The van der Waals surface area contributed by atoms with Gasteiger partial charge in [0, 0.05) is 60.0 Å². The Kier molecular flexibility index (Phi) is 7.16. The van der Waals surface area contributed by atoms with Gasteiger partial charge in [-0.2, -0.15) is 0 Å². The molecule has 4 heterocycles. The Labute approximate surface area is 332 Å². The van der Waals surface area contributed by atoms with Gasteiger partial charge in [0.15, 0.2) is 5.82 Å². The molecule has 0 saturated heterocycles. The summed E-state index contributed by atoms with van der Waals surface area (Å²) in [6.45, 7) is 0. The normalized spacial score (nSPS) is 11.8. The van der Waals surface area contributed by atoms with Gasteiger partial charge in [0.1, 0.15) is 22.3 Å². The molecule has 8 aromatic carbocycles. The van der Waals surface area contributed by atoms with Crippen molar-refractivity contribution in [3.05, 3.63) is 188 Å². The van der Waals surface area contributed by atoms with Crippen LogP contribution in [0.15, 0.2) is 197 Å². The number of pyridine rings is 1. The van der Waals surface area contributed by atoms with Crippen LogP contribution in [0.3, 0.4) is 0 Å². The monoisotopic (exact) mass is 741 g/mol. The van der Waals surface area contributed by atoms with Gasteiger partial charge in [-0.25, -0.2) is 15.0 Å². The zero-order chi connectivity index (χ0) is 38.2. The molecule has 4 aromatic heterocycles. The molecule has 0 N–H and O–H groups in total. The highest BCUT2D eigenvalue weighted by molar-refractivity contribution is 6.25. The summed E-state index contributed by atoms with van der Waals surface area (Å²) in [6.07, 6.45) is 0. The molecule has 0 aliphatic rings. The van der Waals surface area contributed by atoms with Crippen molar-refractivity contribution in [1.29, 1.82) is 0 Å². The molecule has 0 radical (unpaired) electrons. The van der Waals surface area contributed by atoms with Crippen LogP contribution in [-0.4, -0.2) is 15.0 Å². The lowest BCUT2D eigenvalue weighted by Gasteiger charge is -2.10. The van der Waals surface area contributed by atoms with E-state index in [1.54, 1.807) is 0 Å². The molecule has 0 saturated carbocycles. The first-order chi connectivity index (χ1) is 28.7. The van der Waals surface area contributed by atoms with Crippen molar-refractivity contribution in [1.82, 2.24) is 15.0 Å². The van der Waals surface area contributed by atoms with Crippen LogP contribution < -0.4 is 0 Å². The van der Waals surface area contributed by atoms with E-state index >= 15 is 0 Å². The van der Waals surface area contributed by atoms with Gasteiger partial charge in [0.2, 0.25) is 0 Å². The first-order valence-corrected chi connectivity index (χ1v) is 19.4. The van der Waals surface area contributed by atoms with Crippen molar-refractivity contribution < 1.29 is 8.83 Å². The van der Waals surface area contributed by atoms with Crippen molar-refractivity contribution in [3.8, 4) is 56.3 Å². The van der Waals surface area contributed by atoms with Crippen molar-refractivity contribution in [2.24, 2.45) is 0 Å². The standard InChI is InChI=1S/C53H31N3O2/c1-3-11-33(12-4-1)45-31-46(56-53(55-45)37-23-25-39-38-15-8-10-18-47(38)57-49(39)30-37)34-21-19-32(20-22-34)36-24-28-48-43(29-36)40-26-27-42-50(52(40)58-48)41-16-7-9-17-44(41)54-51(42)35-13-5-2-6-14-35/h1-31H. The van der Waals surface area contributed by atoms with Gasteiger partial charge < -0.3 is 8.83 Å². The third-order valence-corrected chi connectivity index (χ3v) is 11.3. The minimum Gasteiger partial charge on any atom is -0.456 e. The fraction of sp³-hybridized carbons (Fsp3) is 0. The number of hydrogen-bond acceptors (Lipinski definition) is 5. The van der Waals surface area contributed by atoms with E-state index in [2.05, 4.69) is 133 Å². The number of nitrogens with zero attached hydrogens (tertiary/aromatic N) is 3. The molecule has 0 atom stereocenters. The predicted molar refractivity (Wildman–Crippen MR) is 237 cm³/mol. The van der Waals surface area contributed by atoms with Crippen LogP contribution >= 0.6 is 0 Å². The smallest absolute Gasteiger partial charge is 0.160 e. The number of furan rings is 2. The molecule has 0 unspecified atom stereocenters. The Bertz CT molecular complexity index is 3550. The highest BCUT2D eigenvalue weighted by atomic mass is 16.3. The number of hydrogen-bond donors (Lipinski definition) is 0. The molecule has 12 aromatic rings. The number of fused-ring (bicyclic) bond motifs is 10. The Morgan fingerprint density at radius 2 is 0.897 bits per heavy atom. The summed E-state index contributed by atoms with van der Waals surface area (Å²) < 4.78 is 13.0. The maximum atomic E-state index is 6.72. The van der Waals surface area contributed by atoms with Crippen molar-refractivity contribution in [2.45, 2.75) is 0 Å². The van der Waals surface area contributed by atoms with Gasteiger partial charge in [0.25, 0.3) is 0 Å². The van der Waals surface area contributed by atoms with Gasteiger partial charge in [-0.05, 0) is 59.7 Å². The SMILES string of the molecule is c1ccc(-c2cc(-c3ccc(-c4ccc5oc6c(ccc7c(-c8ccccc8)nc8ccccc8c76)c5c4)cc3)nc(-c3ccc4c(c3)oc3ccccc34)n2)cc1. The number of para-hydroxylation sites is 2. The second-order valence-electron chi connectivity index (χ2n) is 14.7. The molecule has 5 heteroatoms. The second-order valence-corrected chi connectivity index (χ2v) is 14.7. The lowest BCUT2D eigenvalue weighted by Crippen LogP contribution is -1.96. The number of aromatic nitrogens is 3. The molecule has 0 spiro atoms. The molecule has 270 valence electrons. The van der Waals surface area contributed by atoms with Gasteiger partial charge in [-0.3, -0.25) is 0 Å². The highest BCUT2D eigenvalue weighted by Gasteiger charge is 2.18. The van der Waals surface area contributed by atoms with E-state index in [0.29, 0.717) is 5.82 Å². The lowest BCUT2D eigenvalue weighted by molar-refractivity contribution is 0.669. The maximum absolute atomic E-state index is 6.72. The molecule has 58 heavy (non-hydrogen) atoms. The molecule has 0 bridgehead atoms. The van der Waals surface area contributed by atoms with Crippen molar-refractivity contribution in [3.63, 3.8) is 0 Å². The van der Waals surface area contributed by atoms with E-state index < -0.39 is 0 Å². The molecular weight excluding hydrogens is 711 g/mol. The third-order valence-electron chi connectivity index (χ3n) is 11.3. The first-order valence-electron chi connectivity index (χ1n) is 19.4. The minimum absolute atomic E-state index is 0.645. The van der Waals surface area contributed by atoms with Crippen LogP contribution in [-0.2, 0) is 0 Å². The van der Waals surface area contributed by atoms with Crippen LogP contribution in [0.1, 0.15) is 0 Å². The fourth-order valence-corrected chi connectivity index (χ4v) is 8.44. The number of rotatable bonds is 5. The van der Waals surface area contributed by atoms with Gasteiger partial charge in [-0.1, -0.05) is 140 Å². The van der Waals surface area contributed by atoms with Gasteiger partial charge in [-0.15, -0.1) is 0 Å². The average molecular weight is 742 g/mol. The van der Waals surface area contributed by atoms with Crippen LogP contribution in [0.5, 0.6) is 0 Å².